The van der Waals surface area contributed by atoms with Crippen molar-refractivity contribution in [2.24, 2.45) is 5.92 Å². The predicted molar refractivity (Wildman–Crippen MR) is 166 cm³/mol. The molecule has 0 saturated carbocycles. The number of allylic oxidation sites excluding steroid dienone is 1. The minimum Gasteiger partial charge on any atom is -0.354 e. The number of hydrogen-bond donors (Lipinski definition) is 2. The van der Waals surface area contributed by atoms with Crippen molar-refractivity contribution >= 4 is 22.7 Å². The highest BCUT2D eigenvalue weighted by molar-refractivity contribution is 6.04. The molecule has 2 amide bonds. The normalized spacial score (nSPS) is 17.5. The molecule has 0 fully saturated rings. The summed E-state index contributed by atoms with van der Waals surface area (Å²) in [5, 5.41) is 4.30. The van der Waals surface area contributed by atoms with Crippen LogP contribution in [0.5, 0.6) is 0 Å². The summed E-state index contributed by atoms with van der Waals surface area (Å²) < 4.78 is 0. The van der Waals surface area contributed by atoms with E-state index in [0.717, 1.165) is 52.5 Å². The van der Waals surface area contributed by atoms with Crippen molar-refractivity contribution in [1.29, 1.82) is 0 Å². The average molecular weight is 546 g/mol. The number of aromatic nitrogens is 1. The van der Waals surface area contributed by atoms with E-state index in [1.807, 2.05) is 59.5 Å². The number of para-hydroxylation sites is 1. The van der Waals surface area contributed by atoms with Crippen LogP contribution in [0.3, 0.4) is 0 Å². The SMILES string of the molecule is CC(C)CC(C(=O)NCCC1=CCCCC1)N1C(=O)c2ccccc2C1c1c(-c2ccccc2)[nH]c2ccccc12. The summed E-state index contributed by atoms with van der Waals surface area (Å²) in [5.74, 6) is 0.0913. The lowest BCUT2D eigenvalue weighted by Gasteiger charge is -2.34. The molecule has 1 aromatic heterocycles. The molecule has 3 aromatic carbocycles. The van der Waals surface area contributed by atoms with Gasteiger partial charge >= 0.3 is 0 Å². The average Bonchev–Trinajstić information content (AvgIpc) is 3.52. The molecule has 2 N–H and O–H groups in total. The molecule has 0 radical (unpaired) electrons. The Kier molecular flexibility index (Phi) is 7.78. The fourth-order valence-electron chi connectivity index (χ4n) is 6.62. The fourth-order valence-corrected chi connectivity index (χ4v) is 6.62. The predicted octanol–water partition coefficient (Wildman–Crippen LogP) is 7.80. The summed E-state index contributed by atoms with van der Waals surface area (Å²) in [6.07, 6.45) is 8.54. The molecule has 2 unspecified atom stereocenters. The van der Waals surface area contributed by atoms with Crippen LogP contribution in [0.25, 0.3) is 22.2 Å². The van der Waals surface area contributed by atoms with Gasteiger partial charge in [-0.05, 0) is 67.7 Å². The van der Waals surface area contributed by atoms with E-state index in [4.69, 9.17) is 0 Å². The van der Waals surface area contributed by atoms with Crippen molar-refractivity contribution in [2.45, 2.75) is 64.5 Å². The van der Waals surface area contributed by atoms with Crippen LogP contribution in [0, 0.1) is 5.92 Å². The van der Waals surface area contributed by atoms with Crippen molar-refractivity contribution in [2.75, 3.05) is 6.54 Å². The molecule has 5 heteroatoms. The van der Waals surface area contributed by atoms with Crippen LogP contribution >= 0.6 is 0 Å². The fraction of sp³-hybridized carbons (Fsp3) is 0.333. The summed E-state index contributed by atoms with van der Waals surface area (Å²) in [7, 11) is 0. The summed E-state index contributed by atoms with van der Waals surface area (Å²) >= 11 is 0. The van der Waals surface area contributed by atoms with Gasteiger partial charge in [0.2, 0.25) is 5.91 Å². The number of benzene rings is 3. The van der Waals surface area contributed by atoms with E-state index in [2.05, 4.69) is 54.5 Å². The van der Waals surface area contributed by atoms with E-state index in [1.165, 1.54) is 18.4 Å². The lowest BCUT2D eigenvalue weighted by atomic mass is 9.91. The van der Waals surface area contributed by atoms with E-state index in [1.54, 1.807) is 0 Å². The molecule has 0 bridgehead atoms. The number of amides is 2. The second kappa shape index (κ2) is 11.8. The Balaban J connectivity index is 1.44. The number of nitrogens with zero attached hydrogens (tertiary/aromatic N) is 1. The smallest absolute Gasteiger partial charge is 0.255 e. The van der Waals surface area contributed by atoms with Gasteiger partial charge < -0.3 is 15.2 Å². The molecular formula is C36H39N3O2. The van der Waals surface area contributed by atoms with Gasteiger partial charge in [0, 0.05) is 28.6 Å². The summed E-state index contributed by atoms with van der Waals surface area (Å²) in [4.78, 5) is 33.8. The number of fused-ring (bicyclic) bond motifs is 2. The second-order valence-electron chi connectivity index (χ2n) is 11.8. The van der Waals surface area contributed by atoms with E-state index in [9.17, 15) is 9.59 Å². The molecule has 6 rings (SSSR count). The molecule has 210 valence electrons. The standard InChI is InChI=1S/C36H39N3O2/c1-24(2)23-31(35(40)37-22-21-25-13-5-3-6-14-25)39-34(27-17-9-10-18-28(27)36(39)41)32-29-19-11-12-20-30(29)38-33(32)26-15-7-4-8-16-26/h4,7-13,15-20,24,31,34,38H,3,5-6,14,21-23H2,1-2H3,(H,37,40). The van der Waals surface area contributed by atoms with Gasteiger partial charge in [-0.1, -0.05) is 92.2 Å². The third-order valence-electron chi connectivity index (χ3n) is 8.54. The van der Waals surface area contributed by atoms with Gasteiger partial charge in [0.1, 0.15) is 6.04 Å². The summed E-state index contributed by atoms with van der Waals surface area (Å²) in [6.45, 7) is 4.84. The van der Waals surface area contributed by atoms with E-state index >= 15 is 0 Å². The van der Waals surface area contributed by atoms with Crippen molar-refractivity contribution in [1.82, 2.24) is 15.2 Å². The molecule has 2 aliphatic rings. The van der Waals surface area contributed by atoms with Gasteiger partial charge in [0.05, 0.1) is 11.7 Å². The minimum atomic E-state index is -0.586. The van der Waals surface area contributed by atoms with Crippen LogP contribution in [0.15, 0.2) is 90.5 Å². The highest BCUT2D eigenvalue weighted by atomic mass is 16.2. The number of carbonyl (C=O) groups is 2. The first-order valence-electron chi connectivity index (χ1n) is 15.1. The van der Waals surface area contributed by atoms with Crippen molar-refractivity contribution in [3.8, 4) is 11.3 Å². The Morgan fingerprint density at radius 1 is 0.976 bits per heavy atom. The van der Waals surface area contributed by atoms with Crippen molar-refractivity contribution in [3.05, 3.63) is 107 Å². The Bertz CT molecular complexity index is 1580. The molecule has 0 saturated heterocycles. The van der Waals surface area contributed by atoms with Crippen LogP contribution in [-0.2, 0) is 4.79 Å². The van der Waals surface area contributed by atoms with Crippen LogP contribution in [0.4, 0.5) is 0 Å². The molecular weight excluding hydrogens is 506 g/mol. The lowest BCUT2D eigenvalue weighted by molar-refractivity contribution is -0.126. The number of aromatic amines is 1. The molecule has 0 spiro atoms. The monoisotopic (exact) mass is 545 g/mol. The number of hydrogen-bond acceptors (Lipinski definition) is 2. The van der Waals surface area contributed by atoms with Crippen LogP contribution in [0.2, 0.25) is 0 Å². The minimum absolute atomic E-state index is 0.0673. The molecule has 41 heavy (non-hydrogen) atoms. The van der Waals surface area contributed by atoms with Gasteiger partial charge in [-0.3, -0.25) is 9.59 Å². The lowest BCUT2D eigenvalue weighted by Crippen LogP contribution is -2.49. The number of nitrogens with one attached hydrogen (secondary N) is 2. The van der Waals surface area contributed by atoms with E-state index < -0.39 is 6.04 Å². The van der Waals surface area contributed by atoms with Gasteiger partial charge in [0.25, 0.3) is 5.91 Å². The third-order valence-corrected chi connectivity index (χ3v) is 8.54. The van der Waals surface area contributed by atoms with Crippen LogP contribution in [-0.4, -0.2) is 34.3 Å². The third kappa shape index (κ3) is 5.33. The molecule has 5 nitrogen and oxygen atoms in total. The van der Waals surface area contributed by atoms with Gasteiger partial charge in [0.15, 0.2) is 0 Å². The van der Waals surface area contributed by atoms with E-state index in [-0.39, 0.29) is 23.8 Å². The summed E-state index contributed by atoms with van der Waals surface area (Å²) in [5.41, 5.74) is 7.16. The number of rotatable bonds is 9. The maximum Gasteiger partial charge on any atom is 0.255 e. The largest absolute Gasteiger partial charge is 0.354 e. The molecule has 1 aliphatic heterocycles. The van der Waals surface area contributed by atoms with E-state index in [0.29, 0.717) is 18.5 Å². The van der Waals surface area contributed by atoms with Crippen molar-refractivity contribution in [3.63, 3.8) is 0 Å². The maximum atomic E-state index is 14.3. The zero-order valence-corrected chi connectivity index (χ0v) is 24.0. The maximum absolute atomic E-state index is 14.3. The topological polar surface area (TPSA) is 65.2 Å². The zero-order chi connectivity index (χ0) is 28.3. The first kappa shape index (κ1) is 27.1. The van der Waals surface area contributed by atoms with Gasteiger partial charge in [-0.15, -0.1) is 0 Å². The number of carbonyl (C=O) groups excluding carboxylic acids is 2. The Hall–Kier alpha value is -4.12. The molecule has 4 aromatic rings. The quantitative estimate of drug-likeness (QED) is 0.211. The Labute approximate surface area is 242 Å². The first-order chi connectivity index (χ1) is 20.0. The summed E-state index contributed by atoms with van der Waals surface area (Å²) in [6, 6.07) is 25.4. The highest BCUT2D eigenvalue weighted by Gasteiger charge is 2.45. The van der Waals surface area contributed by atoms with Crippen LogP contribution in [0.1, 0.15) is 79.9 Å². The Morgan fingerprint density at radius 3 is 2.51 bits per heavy atom. The highest BCUT2D eigenvalue weighted by Crippen LogP contribution is 2.46. The molecule has 1 aliphatic carbocycles. The van der Waals surface area contributed by atoms with Gasteiger partial charge in [-0.2, -0.15) is 0 Å². The first-order valence-corrected chi connectivity index (χ1v) is 15.1. The van der Waals surface area contributed by atoms with Crippen molar-refractivity contribution < 1.29 is 9.59 Å². The van der Waals surface area contributed by atoms with Crippen LogP contribution < -0.4 is 5.32 Å². The number of H-pyrrole nitrogens is 1. The molecule has 2 heterocycles. The zero-order valence-electron chi connectivity index (χ0n) is 24.0. The Morgan fingerprint density at radius 2 is 1.73 bits per heavy atom. The second-order valence-corrected chi connectivity index (χ2v) is 11.8. The van der Waals surface area contributed by atoms with Gasteiger partial charge in [-0.25, -0.2) is 0 Å². The molecule has 2 atom stereocenters.